The molecular weight excluding hydrogens is 195 g/mol. The van der Waals surface area contributed by atoms with Gasteiger partial charge in [0.1, 0.15) is 0 Å². The van der Waals surface area contributed by atoms with Crippen molar-refractivity contribution in [1.82, 2.24) is 0 Å². The lowest BCUT2D eigenvalue weighted by Crippen LogP contribution is -2.02. The predicted octanol–water partition coefficient (Wildman–Crippen LogP) is 2.65. The molecule has 0 saturated carbocycles. The first-order valence-corrected chi connectivity index (χ1v) is 4.50. The highest BCUT2D eigenvalue weighted by Crippen LogP contribution is 2.40. The van der Waals surface area contributed by atoms with Gasteiger partial charge in [-0.1, -0.05) is 36.9 Å². The van der Waals surface area contributed by atoms with E-state index in [0.717, 1.165) is 0 Å². The quantitative estimate of drug-likeness (QED) is 0.714. The molecule has 0 aromatic heterocycles. The van der Waals surface area contributed by atoms with Crippen LogP contribution in [-0.2, 0) is 4.79 Å². The molecule has 1 N–H and O–H groups in total. The van der Waals surface area contributed by atoms with Crippen LogP contribution in [0.2, 0.25) is 0 Å². The summed E-state index contributed by atoms with van der Waals surface area (Å²) in [7, 11) is 0. The van der Waals surface area contributed by atoms with Crippen LogP contribution in [0.4, 0.5) is 4.39 Å². The summed E-state index contributed by atoms with van der Waals surface area (Å²) < 4.78 is 13.5. The van der Waals surface area contributed by atoms with Crippen molar-refractivity contribution in [2.24, 2.45) is 0 Å². The Morgan fingerprint density at radius 3 is 2.33 bits per heavy atom. The van der Waals surface area contributed by atoms with Crippen molar-refractivity contribution >= 4 is 5.78 Å². The third kappa shape index (κ3) is 1.36. The highest BCUT2D eigenvalue weighted by Gasteiger charge is 2.37. The molecule has 1 atom stereocenters. The second-order valence-electron chi connectivity index (χ2n) is 3.39. The molecule has 0 aliphatic heterocycles. The summed E-state index contributed by atoms with van der Waals surface area (Å²) in [5.74, 6) is -3.15. The van der Waals surface area contributed by atoms with Gasteiger partial charge in [-0.3, -0.25) is 4.79 Å². The minimum Gasteiger partial charge on any atom is -0.502 e. The minimum atomic E-state index is -0.821. The van der Waals surface area contributed by atoms with Gasteiger partial charge in [0, 0.05) is 5.57 Å². The molecule has 0 bridgehead atoms. The van der Waals surface area contributed by atoms with Gasteiger partial charge >= 0.3 is 0 Å². The zero-order valence-corrected chi connectivity index (χ0v) is 7.90. The number of benzene rings is 1. The zero-order chi connectivity index (χ0) is 11.0. The number of allylic oxidation sites excluding steroid dienone is 2. The topological polar surface area (TPSA) is 37.3 Å². The van der Waals surface area contributed by atoms with Crippen LogP contribution in [0.25, 0.3) is 0 Å². The van der Waals surface area contributed by atoms with Gasteiger partial charge in [-0.05, 0) is 5.56 Å². The summed E-state index contributed by atoms with van der Waals surface area (Å²) >= 11 is 0. The van der Waals surface area contributed by atoms with Crippen molar-refractivity contribution in [3.63, 3.8) is 0 Å². The normalized spacial score (nSPS) is 21.3. The molecule has 0 radical (unpaired) electrons. The lowest BCUT2D eigenvalue weighted by atomic mass is 9.94. The van der Waals surface area contributed by atoms with Gasteiger partial charge in [0.15, 0.2) is 11.6 Å². The second kappa shape index (κ2) is 3.35. The summed E-state index contributed by atoms with van der Waals surface area (Å²) in [6.45, 7) is 3.50. The molecule has 1 aliphatic rings. The standard InChI is InChI=1S/C12H9FO2/c1-7-9(8-5-3-2-4-6-8)10(13)12(15)11(7)14/h2-6,9,15H,1H2/t9-/m1/s1. The molecule has 0 fully saturated rings. The van der Waals surface area contributed by atoms with Crippen LogP contribution in [0.3, 0.4) is 0 Å². The van der Waals surface area contributed by atoms with E-state index in [0.29, 0.717) is 5.56 Å². The van der Waals surface area contributed by atoms with Gasteiger partial charge in [-0.2, -0.15) is 0 Å². The molecule has 2 nitrogen and oxygen atoms in total. The van der Waals surface area contributed by atoms with E-state index in [9.17, 15) is 9.18 Å². The fourth-order valence-electron chi connectivity index (χ4n) is 1.67. The van der Waals surface area contributed by atoms with Crippen LogP contribution >= 0.6 is 0 Å². The lowest BCUT2D eigenvalue weighted by Gasteiger charge is -2.09. The number of hydrogen-bond donors (Lipinski definition) is 1. The molecule has 1 aromatic carbocycles. The number of aliphatic hydroxyl groups excluding tert-OH is 1. The Bertz CT molecular complexity index is 460. The Morgan fingerprint density at radius 1 is 1.27 bits per heavy atom. The number of aliphatic hydroxyl groups is 1. The summed E-state index contributed by atoms with van der Waals surface area (Å²) in [4.78, 5) is 11.3. The van der Waals surface area contributed by atoms with Crippen molar-refractivity contribution in [2.45, 2.75) is 5.92 Å². The van der Waals surface area contributed by atoms with E-state index in [4.69, 9.17) is 5.11 Å². The fourth-order valence-corrected chi connectivity index (χ4v) is 1.67. The first-order chi connectivity index (χ1) is 7.13. The maximum Gasteiger partial charge on any atom is 0.226 e. The van der Waals surface area contributed by atoms with E-state index >= 15 is 0 Å². The lowest BCUT2D eigenvalue weighted by molar-refractivity contribution is -0.114. The van der Waals surface area contributed by atoms with Crippen molar-refractivity contribution in [3.05, 3.63) is 59.6 Å². The van der Waals surface area contributed by atoms with Crippen LogP contribution in [0.1, 0.15) is 11.5 Å². The van der Waals surface area contributed by atoms with Crippen LogP contribution in [-0.4, -0.2) is 10.9 Å². The summed E-state index contributed by atoms with van der Waals surface area (Å²) in [5.41, 5.74) is 0.702. The average Bonchev–Trinajstić information content (AvgIpc) is 2.45. The maximum absolute atomic E-state index is 13.5. The molecule has 3 heteroatoms. The third-order valence-electron chi connectivity index (χ3n) is 2.47. The number of ketones is 1. The van der Waals surface area contributed by atoms with Crippen molar-refractivity contribution < 1.29 is 14.3 Å². The van der Waals surface area contributed by atoms with Crippen LogP contribution in [0.5, 0.6) is 0 Å². The van der Waals surface area contributed by atoms with Gasteiger partial charge < -0.3 is 5.11 Å². The van der Waals surface area contributed by atoms with Crippen molar-refractivity contribution in [1.29, 1.82) is 0 Å². The van der Waals surface area contributed by atoms with Crippen molar-refractivity contribution in [3.8, 4) is 0 Å². The van der Waals surface area contributed by atoms with Gasteiger partial charge in [0.2, 0.25) is 5.78 Å². The number of carbonyl (C=O) groups excluding carboxylic acids is 1. The maximum atomic E-state index is 13.5. The first kappa shape index (κ1) is 9.65. The highest BCUT2D eigenvalue weighted by atomic mass is 19.1. The van der Waals surface area contributed by atoms with Gasteiger partial charge in [-0.25, -0.2) is 4.39 Å². The summed E-state index contributed by atoms with van der Waals surface area (Å²) in [5, 5.41) is 9.16. The molecule has 1 aliphatic carbocycles. The number of Topliss-reactive ketones (excluding diaryl/α,β-unsaturated/α-hetero) is 1. The van der Waals surface area contributed by atoms with Crippen LogP contribution in [0, 0.1) is 0 Å². The van der Waals surface area contributed by atoms with E-state index in [1.807, 2.05) is 0 Å². The molecule has 1 aromatic rings. The Kier molecular flexibility index (Phi) is 2.15. The molecule has 76 valence electrons. The average molecular weight is 204 g/mol. The van der Waals surface area contributed by atoms with Crippen LogP contribution < -0.4 is 0 Å². The highest BCUT2D eigenvalue weighted by molar-refractivity contribution is 6.11. The fraction of sp³-hybridized carbons (Fsp3) is 0.0833. The predicted molar refractivity (Wildman–Crippen MR) is 54.1 cm³/mol. The number of rotatable bonds is 1. The Balaban J connectivity index is 2.49. The van der Waals surface area contributed by atoms with Gasteiger partial charge in [0.25, 0.3) is 0 Å². The Labute approximate surface area is 86.4 Å². The molecule has 2 rings (SSSR count). The summed E-state index contributed by atoms with van der Waals surface area (Å²) in [6.07, 6.45) is 0. The smallest absolute Gasteiger partial charge is 0.226 e. The monoisotopic (exact) mass is 204 g/mol. The second-order valence-corrected chi connectivity index (χ2v) is 3.39. The van der Waals surface area contributed by atoms with Crippen LogP contribution in [0.15, 0.2) is 54.1 Å². The largest absolute Gasteiger partial charge is 0.502 e. The Hall–Kier alpha value is -1.90. The Morgan fingerprint density at radius 2 is 1.87 bits per heavy atom. The first-order valence-electron chi connectivity index (χ1n) is 4.50. The third-order valence-corrected chi connectivity index (χ3v) is 2.47. The molecular formula is C12H9FO2. The molecule has 0 unspecified atom stereocenters. The van der Waals surface area contributed by atoms with Crippen molar-refractivity contribution in [2.75, 3.05) is 0 Å². The minimum absolute atomic E-state index is 0.0798. The molecule has 0 spiro atoms. The SMILES string of the molecule is C=C1C(=O)C(O)=C(F)[C@H]1c1ccccc1. The molecule has 15 heavy (non-hydrogen) atoms. The number of carbonyl (C=O) groups is 1. The van der Waals surface area contributed by atoms with E-state index in [1.165, 1.54) is 0 Å². The zero-order valence-electron chi connectivity index (χ0n) is 7.90. The van der Waals surface area contributed by atoms with E-state index in [1.54, 1.807) is 30.3 Å². The van der Waals surface area contributed by atoms with Gasteiger partial charge in [0.05, 0.1) is 5.92 Å². The molecule has 0 saturated heterocycles. The van der Waals surface area contributed by atoms with Gasteiger partial charge in [-0.15, -0.1) is 0 Å². The van der Waals surface area contributed by atoms with E-state index < -0.39 is 23.3 Å². The molecule has 0 heterocycles. The van der Waals surface area contributed by atoms with E-state index in [2.05, 4.69) is 6.58 Å². The summed E-state index contributed by atoms with van der Waals surface area (Å²) in [6, 6.07) is 8.68. The van der Waals surface area contributed by atoms with E-state index in [-0.39, 0.29) is 5.57 Å². The number of hydrogen-bond acceptors (Lipinski definition) is 2. The molecule has 0 amide bonds. The number of halogens is 1.